The van der Waals surface area contributed by atoms with Crippen molar-refractivity contribution in [3.05, 3.63) is 0 Å². The molecule has 0 aromatic rings. The molecule has 3 atom stereocenters. The summed E-state index contributed by atoms with van der Waals surface area (Å²) < 4.78 is 0. The standard InChI is InChI=1S/C17H30O2/c1-11(2)12(3)15(18)13-9-7-8-10-14(13)16(19)17(4,5)6/h11-14H,7-10H2,1-6H3/t12-,13?,14?/m0/s1. The van der Waals surface area contributed by atoms with Gasteiger partial charge in [-0.05, 0) is 18.8 Å². The van der Waals surface area contributed by atoms with Gasteiger partial charge in [-0.15, -0.1) is 0 Å². The van der Waals surface area contributed by atoms with Crippen molar-refractivity contribution in [3.63, 3.8) is 0 Å². The van der Waals surface area contributed by atoms with Crippen molar-refractivity contribution in [2.75, 3.05) is 0 Å². The Morgan fingerprint density at radius 3 is 1.84 bits per heavy atom. The summed E-state index contributed by atoms with van der Waals surface area (Å²) in [6.45, 7) is 12.1. The molecule has 1 aliphatic rings. The van der Waals surface area contributed by atoms with E-state index in [2.05, 4.69) is 13.8 Å². The largest absolute Gasteiger partial charge is 0.299 e. The molecule has 19 heavy (non-hydrogen) atoms. The summed E-state index contributed by atoms with van der Waals surface area (Å²) in [6.07, 6.45) is 3.99. The summed E-state index contributed by atoms with van der Waals surface area (Å²) in [7, 11) is 0. The topological polar surface area (TPSA) is 34.1 Å². The SMILES string of the molecule is CC(C)[C@H](C)C(=O)C1CCCCC1C(=O)C(C)(C)C. The average Bonchev–Trinajstić information content (AvgIpc) is 2.34. The smallest absolute Gasteiger partial charge is 0.141 e. The molecule has 0 amide bonds. The van der Waals surface area contributed by atoms with E-state index in [-0.39, 0.29) is 29.0 Å². The molecule has 0 aliphatic heterocycles. The van der Waals surface area contributed by atoms with Crippen molar-refractivity contribution in [3.8, 4) is 0 Å². The van der Waals surface area contributed by atoms with Gasteiger partial charge in [-0.1, -0.05) is 54.4 Å². The van der Waals surface area contributed by atoms with Crippen LogP contribution < -0.4 is 0 Å². The Kier molecular flexibility index (Phi) is 5.34. The first-order chi connectivity index (χ1) is 8.66. The lowest BCUT2D eigenvalue weighted by Gasteiger charge is -2.35. The van der Waals surface area contributed by atoms with E-state index in [0.717, 1.165) is 25.7 Å². The first kappa shape index (κ1) is 16.4. The second-order valence-corrected chi connectivity index (χ2v) is 7.55. The predicted octanol–water partition coefficient (Wildman–Crippen LogP) is 4.27. The number of ketones is 2. The number of hydrogen-bond acceptors (Lipinski definition) is 2. The normalized spacial score (nSPS) is 26.3. The van der Waals surface area contributed by atoms with Crippen molar-refractivity contribution in [2.45, 2.75) is 67.2 Å². The molecule has 2 nitrogen and oxygen atoms in total. The third kappa shape index (κ3) is 3.90. The summed E-state index contributed by atoms with van der Waals surface area (Å²) in [5.41, 5.74) is -0.332. The Bertz CT molecular complexity index is 336. The zero-order valence-corrected chi connectivity index (χ0v) is 13.5. The van der Waals surface area contributed by atoms with Crippen LogP contribution in [0.2, 0.25) is 0 Å². The first-order valence-electron chi connectivity index (χ1n) is 7.74. The van der Waals surface area contributed by atoms with Crippen LogP contribution in [0, 0.1) is 29.1 Å². The van der Waals surface area contributed by atoms with E-state index in [0.29, 0.717) is 11.7 Å². The fraction of sp³-hybridized carbons (Fsp3) is 0.882. The second kappa shape index (κ2) is 6.19. The monoisotopic (exact) mass is 266 g/mol. The molecule has 0 spiro atoms. The molecule has 110 valence electrons. The van der Waals surface area contributed by atoms with Crippen LogP contribution in [-0.2, 0) is 9.59 Å². The molecule has 0 radical (unpaired) electrons. The highest BCUT2D eigenvalue weighted by molar-refractivity contribution is 5.93. The molecule has 0 saturated heterocycles. The maximum absolute atomic E-state index is 12.6. The third-order valence-electron chi connectivity index (χ3n) is 4.66. The van der Waals surface area contributed by atoms with Gasteiger partial charge < -0.3 is 0 Å². The third-order valence-corrected chi connectivity index (χ3v) is 4.66. The second-order valence-electron chi connectivity index (χ2n) is 7.55. The van der Waals surface area contributed by atoms with Crippen LogP contribution in [0.4, 0.5) is 0 Å². The van der Waals surface area contributed by atoms with Crippen molar-refractivity contribution < 1.29 is 9.59 Å². The summed E-state index contributed by atoms with van der Waals surface area (Å²) in [5.74, 6) is 0.956. The van der Waals surface area contributed by atoms with Crippen molar-refractivity contribution in [2.24, 2.45) is 29.1 Å². The van der Waals surface area contributed by atoms with Gasteiger partial charge in [-0.25, -0.2) is 0 Å². The lowest BCUT2D eigenvalue weighted by atomic mass is 9.67. The minimum Gasteiger partial charge on any atom is -0.299 e. The minimum absolute atomic E-state index is 0.0297. The highest BCUT2D eigenvalue weighted by Crippen LogP contribution is 2.38. The van der Waals surface area contributed by atoms with Gasteiger partial charge in [0.1, 0.15) is 11.6 Å². The number of hydrogen-bond donors (Lipinski definition) is 0. The van der Waals surface area contributed by atoms with Gasteiger partial charge in [0.2, 0.25) is 0 Å². The molecule has 1 saturated carbocycles. The number of rotatable bonds is 4. The molecular weight excluding hydrogens is 236 g/mol. The van der Waals surface area contributed by atoms with Gasteiger partial charge in [0.25, 0.3) is 0 Å². The molecule has 1 rings (SSSR count). The van der Waals surface area contributed by atoms with Gasteiger partial charge >= 0.3 is 0 Å². The molecule has 2 heteroatoms. The van der Waals surface area contributed by atoms with Gasteiger partial charge in [0.15, 0.2) is 0 Å². The van der Waals surface area contributed by atoms with Gasteiger partial charge in [-0.2, -0.15) is 0 Å². The molecular formula is C17H30O2. The molecule has 1 aliphatic carbocycles. The maximum atomic E-state index is 12.6. The molecule has 0 heterocycles. The molecule has 0 bridgehead atoms. The van der Waals surface area contributed by atoms with Crippen molar-refractivity contribution >= 4 is 11.6 Å². The maximum Gasteiger partial charge on any atom is 0.141 e. The number of carbonyl (C=O) groups is 2. The lowest BCUT2D eigenvalue weighted by Crippen LogP contribution is -2.40. The molecule has 0 aromatic carbocycles. The fourth-order valence-corrected chi connectivity index (χ4v) is 3.01. The first-order valence-corrected chi connectivity index (χ1v) is 7.74. The Morgan fingerprint density at radius 1 is 0.947 bits per heavy atom. The van der Waals surface area contributed by atoms with E-state index in [4.69, 9.17) is 0 Å². The highest BCUT2D eigenvalue weighted by atomic mass is 16.1. The number of Topliss-reactive ketones (excluding diaryl/α,β-unsaturated/α-hetero) is 2. The van der Waals surface area contributed by atoms with Crippen molar-refractivity contribution in [1.82, 2.24) is 0 Å². The van der Waals surface area contributed by atoms with Gasteiger partial charge in [-0.3, -0.25) is 9.59 Å². The highest BCUT2D eigenvalue weighted by Gasteiger charge is 2.41. The summed E-state index contributed by atoms with van der Waals surface area (Å²) in [5, 5.41) is 0. The summed E-state index contributed by atoms with van der Waals surface area (Å²) in [6, 6.07) is 0. The Hall–Kier alpha value is -0.660. The quantitative estimate of drug-likeness (QED) is 0.761. The summed E-state index contributed by atoms with van der Waals surface area (Å²) >= 11 is 0. The van der Waals surface area contributed by atoms with E-state index in [1.807, 2.05) is 27.7 Å². The lowest BCUT2D eigenvalue weighted by molar-refractivity contribution is -0.141. The van der Waals surface area contributed by atoms with Crippen LogP contribution in [0.1, 0.15) is 67.2 Å². The molecule has 2 unspecified atom stereocenters. The van der Waals surface area contributed by atoms with E-state index in [1.54, 1.807) is 0 Å². The Balaban J connectivity index is 2.90. The van der Waals surface area contributed by atoms with Crippen LogP contribution in [0.15, 0.2) is 0 Å². The predicted molar refractivity (Wildman–Crippen MR) is 78.9 cm³/mol. The van der Waals surface area contributed by atoms with E-state index in [1.165, 1.54) is 0 Å². The molecule has 0 aromatic heterocycles. The van der Waals surface area contributed by atoms with E-state index in [9.17, 15) is 9.59 Å². The van der Waals surface area contributed by atoms with Crippen molar-refractivity contribution in [1.29, 1.82) is 0 Å². The van der Waals surface area contributed by atoms with Crippen LogP contribution in [-0.4, -0.2) is 11.6 Å². The van der Waals surface area contributed by atoms with Gasteiger partial charge in [0.05, 0.1) is 0 Å². The number of carbonyl (C=O) groups excluding carboxylic acids is 2. The zero-order chi connectivity index (χ0) is 14.8. The molecule has 0 N–H and O–H groups in total. The average molecular weight is 266 g/mol. The van der Waals surface area contributed by atoms with E-state index >= 15 is 0 Å². The Labute approximate surface area is 118 Å². The molecule has 1 fully saturated rings. The van der Waals surface area contributed by atoms with E-state index < -0.39 is 0 Å². The summed E-state index contributed by atoms with van der Waals surface area (Å²) in [4.78, 5) is 25.2. The van der Waals surface area contributed by atoms with Crippen LogP contribution >= 0.6 is 0 Å². The Morgan fingerprint density at radius 2 is 1.42 bits per heavy atom. The van der Waals surface area contributed by atoms with Crippen LogP contribution in [0.5, 0.6) is 0 Å². The van der Waals surface area contributed by atoms with Crippen LogP contribution in [0.25, 0.3) is 0 Å². The van der Waals surface area contributed by atoms with Gasteiger partial charge in [0, 0.05) is 23.2 Å². The fourth-order valence-electron chi connectivity index (χ4n) is 3.01. The zero-order valence-electron chi connectivity index (χ0n) is 13.5. The van der Waals surface area contributed by atoms with Crippen LogP contribution in [0.3, 0.4) is 0 Å². The minimum atomic E-state index is -0.332.